The SMILES string of the molecule is CN(C)CCOc1ccc(C(=O)N2CC[C@@](C)(O)[C@H](n3ccc(=O)[nH]c3=O)C2)cc1. The van der Waals surface area contributed by atoms with E-state index in [1.54, 1.807) is 36.1 Å². The fourth-order valence-electron chi connectivity index (χ4n) is 3.49. The maximum absolute atomic E-state index is 13.0. The molecule has 0 radical (unpaired) electrons. The van der Waals surface area contributed by atoms with Crippen LogP contribution < -0.4 is 16.0 Å². The molecule has 1 aromatic carbocycles. The summed E-state index contributed by atoms with van der Waals surface area (Å²) in [7, 11) is 3.94. The number of rotatable bonds is 6. The number of ether oxygens (including phenoxy) is 1. The second kappa shape index (κ2) is 8.85. The van der Waals surface area contributed by atoms with Gasteiger partial charge in [0.15, 0.2) is 0 Å². The molecule has 2 N–H and O–H groups in total. The van der Waals surface area contributed by atoms with E-state index < -0.39 is 22.9 Å². The first kappa shape index (κ1) is 21.8. The number of carbonyl (C=O) groups is 1. The lowest BCUT2D eigenvalue weighted by Crippen LogP contribution is -2.54. The van der Waals surface area contributed by atoms with E-state index >= 15 is 0 Å². The molecule has 1 fully saturated rings. The molecule has 1 aliphatic heterocycles. The highest BCUT2D eigenvalue weighted by atomic mass is 16.5. The Bertz CT molecular complexity index is 993. The average molecular weight is 416 g/mol. The number of amides is 1. The van der Waals surface area contributed by atoms with Gasteiger partial charge in [-0.05, 0) is 51.7 Å². The van der Waals surface area contributed by atoms with Crippen LogP contribution in [0.4, 0.5) is 0 Å². The van der Waals surface area contributed by atoms with Gasteiger partial charge >= 0.3 is 5.69 Å². The van der Waals surface area contributed by atoms with Crippen LogP contribution in [0.1, 0.15) is 29.7 Å². The highest BCUT2D eigenvalue weighted by Gasteiger charge is 2.40. The van der Waals surface area contributed by atoms with Gasteiger partial charge in [-0.3, -0.25) is 19.1 Å². The predicted octanol–water partition coefficient (Wildman–Crippen LogP) is 0.315. The Morgan fingerprint density at radius 3 is 2.60 bits per heavy atom. The number of aromatic nitrogens is 2. The predicted molar refractivity (Wildman–Crippen MR) is 112 cm³/mol. The fourth-order valence-corrected chi connectivity index (χ4v) is 3.49. The number of nitrogens with zero attached hydrogens (tertiary/aromatic N) is 3. The van der Waals surface area contributed by atoms with Crippen molar-refractivity contribution in [1.29, 1.82) is 0 Å². The molecule has 0 unspecified atom stereocenters. The molecule has 0 bridgehead atoms. The van der Waals surface area contributed by atoms with Crippen LogP contribution in [0.2, 0.25) is 0 Å². The highest BCUT2D eigenvalue weighted by Crippen LogP contribution is 2.31. The van der Waals surface area contributed by atoms with Crippen LogP contribution in [0.25, 0.3) is 0 Å². The second-order valence-corrected chi connectivity index (χ2v) is 8.07. The van der Waals surface area contributed by atoms with Crippen LogP contribution >= 0.6 is 0 Å². The lowest BCUT2D eigenvalue weighted by Gasteiger charge is -2.43. The van der Waals surface area contributed by atoms with E-state index in [1.807, 2.05) is 19.0 Å². The highest BCUT2D eigenvalue weighted by molar-refractivity contribution is 5.94. The lowest BCUT2D eigenvalue weighted by molar-refractivity contribution is -0.0459. The number of hydrogen-bond acceptors (Lipinski definition) is 6. The van der Waals surface area contributed by atoms with Gasteiger partial charge in [0, 0.05) is 37.5 Å². The van der Waals surface area contributed by atoms with Gasteiger partial charge in [0.2, 0.25) is 0 Å². The van der Waals surface area contributed by atoms with Gasteiger partial charge in [0.1, 0.15) is 12.4 Å². The Balaban J connectivity index is 1.73. The third kappa shape index (κ3) is 4.98. The molecule has 162 valence electrons. The molecule has 0 aliphatic carbocycles. The third-order valence-corrected chi connectivity index (χ3v) is 5.38. The largest absolute Gasteiger partial charge is 0.492 e. The molecule has 1 aromatic heterocycles. The molecule has 0 saturated carbocycles. The van der Waals surface area contributed by atoms with Crippen molar-refractivity contribution in [1.82, 2.24) is 19.4 Å². The van der Waals surface area contributed by atoms with Crippen molar-refractivity contribution in [2.24, 2.45) is 0 Å². The second-order valence-electron chi connectivity index (χ2n) is 8.07. The summed E-state index contributed by atoms with van der Waals surface area (Å²) in [6.45, 7) is 3.49. The summed E-state index contributed by atoms with van der Waals surface area (Å²) >= 11 is 0. The van der Waals surface area contributed by atoms with E-state index in [1.165, 1.54) is 16.8 Å². The summed E-state index contributed by atoms with van der Waals surface area (Å²) < 4.78 is 6.94. The minimum Gasteiger partial charge on any atom is -0.492 e. The van der Waals surface area contributed by atoms with Crippen molar-refractivity contribution < 1.29 is 14.6 Å². The van der Waals surface area contributed by atoms with E-state index in [0.29, 0.717) is 30.9 Å². The standard InChI is InChI=1S/C21H28N4O5/c1-21(29)9-11-24(14-17(21)25-10-8-18(26)22-20(25)28)19(27)15-4-6-16(7-5-15)30-13-12-23(2)3/h4-8,10,17,29H,9,11-14H2,1-3H3,(H,22,26,28)/t17-,21-/m1/s1. The van der Waals surface area contributed by atoms with Gasteiger partial charge < -0.3 is 19.6 Å². The van der Waals surface area contributed by atoms with Crippen LogP contribution in [0.3, 0.4) is 0 Å². The molecule has 1 aliphatic rings. The van der Waals surface area contributed by atoms with Crippen LogP contribution in [0.5, 0.6) is 5.75 Å². The maximum Gasteiger partial charge on any atom is 0.328 e. The Labute approximate surface area is 174 Å². The van der Waals surface area contributed by atoms with Crippen molar-refractivity contribution in [3.8, 4) is 5.75 Å². The molecule has 30 heavy (non-hydrogen) atoms. The summed E-state index contributed by atoms with van der Waals surface area (Å²) in [5.74, 6) is 0.500. The van der Waals surface area contributed by atoms with Crippen molar-refractivity contribution in [3.05, 3.63) is 62.9 Å². The molecular formula is C21H28N4O5. The van der Waals surface area contributed by atoms with E-state index in [9.17, 15) is 19.5 Å². The number of carbonyl (C=O) groups excluding carboxylic acids is 1. The van der Waals surface area contributed by atoms with Gasteiger partial charge in [0.25, 0.3) is 11.5 Å². The van der Waals surface area contributed by atoms with Gasteiger partial charge in [-0.15, -0.1) is 0 Å². The molecule has 1 saturated heterocycles. The summed E-state index contributed by atoms with van der Waals surface area (Å²) in [6.07, 6.45) is 1.66. The van der Waals surface area contributed by atoms with Crippen LogP contribution in [0.15, 0.2) is 46.1 Å². The summed E-state index contributed by atoms with van der Waals surface area (Å²) in [5, 5.41) is 10.8. The Kier molecular flexibility index (Phi) is 6.42. The maximum atomic E-state index is 13.0. The number of nitrogens with one attached hydrogen (secondary N) is 1. The molecule has 3 rings (SSSR count). The third-order valence-electron chi connectivity index (χ3n) is 5.38. The number of hydrogen-bond donors (Lipinski definition) is 2. The zero-order chi connectivity index (χ0) is 21.9. The van der Waals surface area contributed by atoms with Crippen LogP contribution in [0, 0.1) is 0 Å². The van der Waals surface area contributed by atoms with Gasteiger partial charge in [-0.2, -0.15) is 0 Å². The number of aromatic amines is 1. The number of aliphatic hydroxyl groups is 1. The molecule has 1 amide bonds. The van der Waals surface area contributed by atoms with E-state index in [4.69, 9.17) is 4.74 Å². The fraction of sp³-hybridized carbons (Fsp3) is 0.476. The van der Waals surface area contributed by atoms with Gasteiger partial charge in [-0.25, -0.2) is 4.79 Å². The van der Waals surface area contributed by atoms with Crippen molar-refractivity contribution in [2.45, 2.75) is 25.0 Å². The van der Waals surface area contributed by atoms with Crippen LogP contribution in [-0.4, -0.2) is 76.3 Å². The summed E-state index contributed by atoms with van der Waals surface area (Å²) in [4.78, 5) is 42.4. The van der Waals surface area contributed by atoms with Gasteiger partial charge in [-0.1, -0.05) is 0 Å². The monoisotopic (exact) mass is 416 g/mol. The van der Waals surface area contributed by atoms with Crippen molar-refractivity contribution in [3.63, 3.8) is 0 Å². The quantitative estimate of drug-likeness (QED) is 0.702. The molecule has 9 nitrogen and oxygen atoms in total. The number of piperidine rings is 1. The summed E-state index contributed by atoms with van der Waals surface area (Å²) in [5.41, 5.74) is -1.80. The van der Waals surface area contributed by atoms with E-state index in [0.717, 1.165) is 6.54 Å². The summed E-state index contributed by atoms with van der Waals surface area (Å²) in [6, 6.07) is 7.49. The molecule has 2 heterocycles. The molecular weight excluding hydrogens is 388 g/mol. The van der Waals surface area contributed by atoms with E-state index in [-0.39, 0.29) is 12.5 Å². The molecule has 9 heteroatoms. The van der Waals surface area contributed by atoms with Crippen LogP contribution in [-0.2, 0) is 0 Å². The zero-order valence-corrected chi connectivity index (χ0v) is 17.5. The molecule has 2 aromatic rings. The Hall–Kier alpha value is -2.91. The van der Waals surface area contributed by atoms with Crippen molar-refractivity contribution >= 4 is 5.91 Å². The molecule has 0 spiro atoms. The minimum atomic E-state index is -1.19. The first-order valence-corrected chi connectivity index (χ1v) is 9.88. The van der Waals surface area contributed by atoms with E-state index in [2.05, 4.69) is 4.98 Å². The normalized spacial score (nSPS) is 21.6. The number of benzene rings is 1. The average Bonchev–Trinajstić information content (AvgIpc) is 2.68. The first-order chi connectivity index (χ1) is 14.2. The smallest absolute Gasteiger partial charge is 0.328 e. The zero-order valence-electron chi connectivity index (χ0n) is 17.5. The number of likely N-dealkylation sites (N-methyl/N-ethyl adjacent to an activating group) is 1. The molecule has 2 atom stereocenters. The Morgan fingerprint density at radius 2 is 1.97 bits per heavy atom. The van der Waals surface area contributed by atoms with Crippen molar-refractivity contribution in [2.75, 3.05) is 40.3 Å². The minimum absolute atomic E-state index is 0.152. The number of H-pyrrole nitrogens is 1. The van der Waals surface area contributed by atoms with Gasteiger partial charge in [0.05, 0.1) is 11.6 Å². The first-order valence-electron chi connectivity index (χ1n) is 9.88. The number of likely N-dealkylation sites (tertiary alicyclic amines) is 1. The Morgan fingerprint density at radius 1 is 1.27 bits per heavy atom. The topological polar surface area (TPSA) is 108 Å². The lowest BCUT2D eigenvalue weighted by atomic mass is 9.87.